The Labute approximate surface area is 103 Å². The van der Waals surface area contributed by atoms with E-state index in [2.05, 4.69) is 9.58 Å². The molecule has 17 heavy (non-hydrogen) atoms. The van der Waals surface area contributed by atoms with Crippen LogP contribution >= 0.6 is 11.3 Å². The van der Waals surface area contributed by atoms with Crippen LogP contribution in [0.2, 0.25) is 0 Å². The summed E-state index contributed by atoms with van der Waals surface area (Å²) in [6.45, 7) is 7.05. The van der Waals surface area contributed by atoms with E-state index in [4.69, 9.17) is 6.57 Å². The Balaban J connectivity index is 2.50. The van der Waals surface area contributed by atoms with E-state index in [0.29, 0.717) is 10.6 Å². The van der Waals surface area contributed by atoms with Gasteiger partial charge in [0.1, 0.15) is 4.88 Å². The van der Waals surface area contributed by atoms with Crippen LogP contribution in [0.3, 0.4) is 0 Å². The van der Waals surface area contributed by atoms with Crippen LogP contribution in [0.4, 0.5) is 5.69 Å². The van der Waals surface area contributed by atoms with Crippen LogP contribution in [0.15, 0.2) is 36.4 Å². The van der Waals surface area contributed by atoms with Crippen LogP contribution in [0.1, 0.15) is 9.67 Å². The van der Waals surface area contributed by atoms with Gasteiger partial charge in [0.25, 0.3) is 0 Å². The maximum atomic E-state index is 11.5. The van der Waals surface area contributed by atoms with E-state index < -0.39 is 5.97 Å². The smallest absolute Gasteiger partial charge is 0.337 e. The molecule has 84 valence electrons. The summed E-state index contributed by atoms with van der Waals surface area (Å²) in [5.41, 5.74) is 1.35. The minimum Gasteiger partial charge on any atom is -0.466 e. The summed E-state index contributed by atoms with van der Waals surface area (Å²) < 4.78 is 4.66. The second-order valence-corrected chi connectivity index (χ2v) is 4.35. The molecule has 0 amide bonds. The Morgan fingerprint density at radius 3 is 2.65 bits per heavy atom. The highest BCUT2D eigenvalue weighted by Gasteiger charge is 2.17. The molecule has 2 aromatic rings. The maximum absolute atomic E-state index is 11.5. The van der Waals surface area contributed by atoms with Crippen LogP contribution in [0.5, 0.6) is 0 Å². The van der Waals surface area contributed by atoms with Crippen LogP contribution < -0.4 is 0 Å². The van der Waals surface area contributed by atoms with Crippen LogP contribution in [0.25, 0.3) is 15.3 Å². The Hall–Kier alpha value is -2.12. The van der Waals surface area contributed by atoms with Crippen molar-refractivity contribution >= 4 is 23.0 Å². The van der Waals surface area contributed by atoms with E-state index in [0.717, 1.165) is 10.4 Å². The predicted molar refractivity (Wildman–Crippen MR) is 67.4 cm³/mol. The molecule has 2 rings (SSSR count). The van der Waals surface area contributed by atoms with Gasteiger partial charge in [-0.05, 0) is 11.6 Å². The van der Waals surface area contributed by atoms with E-state index in [1.165, 1.54) is 18.4 Å². The second kappa shape index (κ2) is 4.81. The van der Waals surface area contributed by atoms with Crippen LogP contribution in [-0.2, 0) is 4.74 Å². The highest BCUT2D eigenvalue weighted by molar-refractivity contribution is 7.18. The fourth-order valence-electron chi connectivity index (χ4n) is 1.45. The van der Waals surface area contributed by atoms with Crippen molar-refractivity contribution < 1.29 is 9.53 Å². The van der Waals surface area contributed by atoms with Crippen molar-refractivity contribution in [3.05, 3.63) is 52.7 Å². The molecule has 0 aliphatic heterocycles. The lowest BCUT2D eigenvalue weighted by Gasteiger charge is -1.95. The van der Waals surface area contributed by atoms with Gasteiger partial charge in [-0.25, -0.2) is 9.64 Å². The number of ether oxygens (including phenoxy) is 1. The van der Waals surface area contributed by atoms with Gasteiger partial charge in [-0.2, -0.15) is 0 Å². The zero-order valence-corrected chi connectivity index (χ0v) is 9.95. The van der Waals surface area contributed by atoms with Gasteiger partial charge < -0.3 is 4.74 Å². The first-order valence-electron chi connectivity index (χ1n) is 4.91. The first kappa shape index (κ1) is 11.4. The number of nitrogens with zero attached hydrogens (tertiary/aromatic N) is 1. The Morgan fingerprint density at radius 1 is 1.35 bits per heavy atom. The maximum Gasteiger partial charge on any atom is 0.337 e. The van der Waals surface area contributed by atoms with Gasteiger partial charge in [-0.15, -0.1) is 11.3 Å². The predicted octanol–water partition coefficient (Wildman–Crippen LogP) is 3.75. The number of methoxy groups -OCH3 is 1. The van der Waals surface area contributed by atoms with Gasteiger partial charge in [0.15, 0.2) is 0 Å². The quantitative estimate of drug-likeness (QED) is 0.594. The second-order valence-electron chi connectivity index (χ2n) is 3.29. The van der Waals surface area contributed by atoms with E-state index >= 15 is 0 Å². The lowest BCUT2D eigenvalue weighted by atomic mass is 10.2. The number of hydrogen-bond acceptors (Lipinski definition) is 3. The molecule has 0 aliphatic rings. The van der Waals surface area contributed by atoms with E-state index in [1.54, 1.807) is 6.07 Å². The molecule has 0 aliphatic carbocycles. The van der Waals surface area contributed by atoms with Gasteiger partial charge in [-0.3, -0.25) is 0 Å². The van der Waals surface area contributed by atoms with Gasteiger partial charge >= 0.3 is 5.97 Å². The van der Waals surface area contributed by atoms with Gasteiger partial charge in [0.2, 0.25) is 5.69 Å². The molecule has 0 saturated carbocycles. The third-order valence-corrected chi connectivity index (χ3v) is 3.42. The summed E-state index contributed by atoms with van der Waals surface area (Å²) in [7, 11) is 1.32. The molecule has 0 atom stereocenters. The zero-order chi connectivity index (χ0) is 12.3. The van der Waals surface area contributed by atoms with Crippen molar-refractivity contribution in [1.29, 1.82) is 0 Å². The summed E-state index contributed by atoms with van der Waals surface area (Å²) in [6, 6.07) is 11.4. The molecule has 0 bridgehead atoms. The minimum atomic E-state index is -0.455. The fraction of sp³-hybridized carbons (Fsp3) is 0.0769. The van der Waals surface area contributed by atoms with E-state index in [1.807, 2.05) is 30.3 Å². The number of hydrogen-bond donors (Lipinski definition) is 0. The summed E-state index contributed by atoms with van der Waals surface area (Å²) in [4.78, 5) is 16.1. The lowest BCUT2D eigenvalue weighted by Crippen LogP contribution is -1.97. The molecule has 0 unspecified atom stereocenters. The van der Waals surface area contributed by atoms with Crippen molar-refractivity contribution in [2.45, 2.75) is 0 Å². The molecule has 1 heterocycles. The molecule has 0 spiro atoms. The summed E-state index contributed by atoms with van der Waals surface area (Å²) in [5.74, 6) is -0.455. The van der Waals surface area contributed by atoms with Crippen LogP contribution in [0, 0.1) is 6.57 Å². The molecule has 0 N–H and O–H groups in total. The fourth-order valence-corrected chi connectivity index (χ4v) is 2.47. The normalized spacial score (nSPS) is 9.65. The average molecular weight is 243 g/mol. The summed E-state index contributed by atoms with van der Waals surface area (Å²) in [6.07, 6.45) is 0. The Bertz CT molecular complexity index is 581. The Kier molecular flexibility index (Phi) is 3.22. The molecule has 0 fully saturated rings. The minimum absolute atomic E-state index is 0.348. The van der Waals surface area contributed by atoms with Crippen molar-refractivity contribution in [1.82, 2.24) is 0 Å². The standard InChI is InChI=1S/C13H9NO2S/c1-14-10-8-11(9-6-4-3-5-7-9)17-12(10)13(15)16-2/h3-8H,2H3. The average Bonchev–Trinajstić information content (AvgIpc) is 2.83. The molecular weight excluding hydrogens is 234 g/mol. The first-order valence-corrected chi connectivity index (χ1v) is 5.73. The van der Waals surface area contributed by atoms with Crippen LogP contribution in [-0.4, -0.2) is 13.1 Å². The van der Waals surface area contributed by atoms with Gasteiger partial charge in [0.05, 0.1) is 13.7 Å². The van der Waals surface area contributed by atoms with Gasteiger partial charge in [0, 0.05) is 4.88 Å². The lowest BCUT2D eigenvalue weighted by molar-refractivity contribution is 0.0607. The molecule has 0 saturated heterocycles. The summed E-state index contributed by atoms with van der Waals surface area (Å²) in [5, 5.41) is 0. The van der Waals surface area contributed by atoms with E-state index in [9.17, 15) is 4.79 Å². The number of rotatable bonds is 2. The van der Waals surface area contributed by atoms with Crippen molar-refractivity contribution in [3.63, 3.8) is 0 Å². The Morgan fingerprint density at radius 2 is 2.06 bits per heavy atom. The molecule has 1 aromatic heterocycles. The number of esters is 1. The molecular formula is C13H9NO2S. The first-order chi connectivity index (χ1) is 8.26. The highest BCUT2D eigenvalue weighted by Crippen LogP contribution is 2.36. The number of thiophene rings is 1. The van der Waals surface area contributed by atoms with Crippen molar-refractivity contribution in [3.8, 4) is 10.4 Å². The van der Waals surface area contributed by atoms with Gasteiger partial charge in [-0.1, -0.05) is 30.3 Å². The van der Waals surface area contributed by atoms with Crippen molar-refractivity contribution in [2.24, 2.45) is 0 Å². The molecule has 0 radical (unpaired) electrons. The SMILES string of the molecule is [C-]#[N+]c1cc(-c2ccccc2)sc1C(=O)OC. The number of benzene rings is 1. The number of carbonyl (C=O) groups is 1. The summed E-state index contributed by atoms with van der Waals surface area (Å²) >= 11 is 1.28. The van der Waals surface area contributed by atoms with E-state index in [-0.39, 0.29) is 0 Å². The molecule has 3 nitrogen and oxygen atoms in total. The largest absolute Gasteiger partial charge is 0.466 e. The highest BCUT2D eigenvalue weighted by atomic mass is 32.1. The molecule has 4 heteroatoms. The third-order valence-electron chi connectivity index (χ3n) is 2.26. The number of carbonyl (C=O) groups excluding carboxylic acids is 1. The monoisotopic (exact) mass is 243 g/mol. The zero-order valence-electron chi connectivity index (χ0n) is 9.14. The topological polar surface area (TPSA) is 30.7 Å². The third kappa shape index (κ3) is 2.19. The van der Waals surface area contributed by atoms with Crippen molar-refractivity contribution in [2.75, 3.05) is 7.11 Å². The molecule has 1 aromatic carbocycles.